The van der Waals surface area contributed by atoms with E-state index in [4.69, 9.17) is 44.0 Å². The van der Waals surface area contributed by atoms with E-state index in [9.17, 15) is 4.79 Å². The van der Waals surface area contributed by atoms with Crippen molar-refractivity contribution in [2.75, 3.05) is 106 Å². The second kappa shape index (κ2) is 24.0. The van der Waals surface area contributed by atoms with Gasteiger partial charge in [-0.1, -0.05) is 0 Å². The Morgan fingerprint density at radius 2 is 0.857 bits per heavy atom. The van der Waals surface area contributed by atoms with Gasteiger partial charge in [-0.2, -0.15) is 0 Å². The molecule has 0 aliphatic heterocycles. The average molecular weight is 412 g/mol. The molecule has 0 aromatic rings. The summed E-state index contributed by atoms with van der Waals surface area (Å²) in [6, 6.07) is 0. The second-order valence-electron chi connectivity index (χ2n) is 5.31. The predicted molar refractivity (Wildman–Crippen MR) is 101 cm³/mol. The van der Waals surface area contributed by atoms with Crippen molar-refractivity contribution in [1.82, 2.24) is 5.32 Å². The van der Waals surface area contributed by atoms with Crippen LogP contribution in [0.5, 0.6) is 0 Å². The first-order valence-corrected chi connectivity index (χ1v) is 9.48. The molecule has 0 saturated heterocycles. The van der Waals surface area contributed by atoms with Crippen LogP contribution in [0, 0.1) is 0 Å². The van der Waals surface area contributed by atoms with Crippen molar-refractivity contribution in [3.63, 3.8) is 0 Å². The van der Waals surface area contributed by atoms with Gasteiger partial charge in [-0.3, -0.25) is 0 Å². The van der Waals surface area contributed by atoms with Gasteiger partial charge in [0.1, 0.15) is 0 Å². The number of nitrogens with two attached hydrogens (primary N) is 1. The molecule has 0 unspecified atom stereocenters. The summed E-state index contributed by atoms with van der Waals surface area (Å²) in [7, 11) is 0. The molecule has 168 valence electrons. The zero-order valence-electron chi connectivity index (χ0n) is 16.6. The molecule has 0 rings (SSSR count). The smallest absolute Gasteiger partial charge is 0.404 e. The van der Waals surface area contributed by atoms with E-state index in [1.54, 1.807) is 0 Å². The Morgan fingerprint density at radius 3 is 1.14 bits per heavy atom. The highest BCUT2D eigenvalue weighted by Crippen LogP contribution is 1.85. The Hall–Kier alpha value is -1.05. The fourth-order valence-corrected chi connectivity index (χ4v) is 1.74. The van der Waals surface area contributed by atoms with Crippen LogP contribution in [0.15, 0.2) is 0 Å². The summed E-state index contributed by atoms with van der Waals surface area (Å²) in [5.41, 5.74) is 5.29. The van der Waals surface area contributed by atoms with Crippen LogP contribution in [0.1, 0.15) is 0 Å². The number of carboxylic acid groups (broad SMARTS) is 1. The summed E-state index contributed by atoms with van der Waals surface area (Å²) < 4.78 is 37.1. The summed E-state index contributed by atoms with van der Waals surface area (Å²) in [5.74, 6) is 0. The predicted octanol–water partition coefficient (Wildman–Crippen LogP) is -0.671. The molecule has 0 aromatic heterocycles. The summed E-state index contributed by atoms with van der Waals surface area (Å²) in [5, 5.41) is 10.6. The Kier molecular flexibility index (Phi) is 23.1. The molecule has 11 nitrogen and oxygen atoms in total. The molecule has 0 aliphatic carbocycles. The van der Waals surface area contributed by atoms with Gasteiger partial charge in [-0.25, -0.2) is 4.79 Å². The first kappa shape index (κ1) is 27.0. The quantitative estimate of drug-likeness (QED) is 0.185. The third-order valence-electron chi connectivity index (χ3n) is 3.02. The number of carbonyl (C=O) groups is 1. The van der Waals surface area contributed by atoms with Crippen molar-refractivity contribution < 1.29 is 43.1 Å². The molecule has 0 aliphatic rings. The van der Waals surface area contributed by atoms with Gasteiger partial charge in [0.05, 0.1) is 92.5 Å². The molecule has 4 N–H and O–H groups in total. The molecule has 0 radical (unpaired) electrons. The number of hydrogen-bond acceptors (Lipinski definition) is 9. The lowest BCUT2D eigenvalue weighted by Gasteiger charge is -2.08. The van der Waals surface area contributed by atoms with E-state index in [1.165, 1.54) is 0 Å². The normalized spacial score (nSPS) is 11.0. The fourth-order valence-electron chi connectivity index (χ4n) is 1.74. The maximum absolute atomic E-state index is 10.2. The number of ether oxygens (including phenoxy) is 7. The molecule has 0 heterocycles. The van der Waals surface area contributed by atoms with Gasteiger partial charge in [0.15, 0.2) is 0 Å². The summed E-state index contributed by atoms with van der Waals surface area (Å²) >= 11 is 0. The van der Waals surface area contributed by atoms with Gasteiger partial charge < -0.3 is 49.3 Å². The van der Waals surface area contributed by atoms with Crippen LogP contribution in [-0.4, -0.2) is 117 Å². The largest absolute Gasteiger partial charge is 0.465 e. The van der Waals surface area contributed by atoms with Crippen LogP contribution in [-0.2, 0) is 33.2 Å². The molecule has 0 bridgehead atoms. The molecule has 0 saturated carbocycles. The first-order valence-electron chi connectivity index (χ1n) is 9.48. The molecular formula is C17H36N2O9. The third kappa shape index (κ3) is 24.9. The zero-order valence-corrected chi connectivity index (χ0v) is 16.6. The molecule has 0 spiro atoms. The van der Waals surface area contributed by atoms with Crippen molar-refractivity contribution in [3.8, 4) is 0 Å². The highest BCUT2D eigenvalue weighted by Gasteiger charge is 1.95. The molecule has 28 heavy (non-hydrogen) atoms. The molecule has 1 amide bonds. The van der Waals surface area contributed by atoms with E-state index in [1.807, 2.05) is 0 Å². The lowest BCUT2D eigenvalue weighted by molar-refractivity contribution is -0.0201. The van der Waals surface area contributed by atoms with Crippen molar-refractivity contribution in [3.05, 3.63) is 0 Å². The van der Waals surface area contributed by atoms with E-state index < -0.39 is 6.09 Å². The van der Waals surface area contributed by atoms with E-state index in [0.29, 0.717) is 99.0 Å². The topological polar surface area (TPSA) is 140 Å². The number of hydrogen-bond donors (Lipinski definition) is 3. The van der Waals surface area contributed by atoms with Crippen molar-refractivity contribution >= 4 is 6.09 Å². The monoisotopic (exact) mass is 412 g/mol. The maximum atomic E-state index is 10.2. The van der Waals surface area contributed by atoms with Crippen molar-refractivity contribution in [2.45, 2.75) is 0 Å². The van der Waals surface area contributed by atoms with Crippen LogP contribution in [0.3, 0.4) is 0 Å². The lowest BCUT2D eigenvalue weighted by atomic mass is 10.6. The maximum Gasteiger partial charge on any atom is 0.404 e. The van der Waals surface area contributed by atoms with Crippen molar-refractivity contribution in [1.29, 1.82) is 0 Å². The van der Waals surface area contributed by atoms with Crippen LogP contribution in [0.25, 0.3) is 0 Å². The summed E-state index contributed by atoms with van der Waals surface area (Å²) in [6.07, 6.45) is -1.06. The SMILES string of the molecule is NCCOCCOCCOCCOCCOCCOCCOCCNC(=O)O. The van der Waals surface area contributed by atoms with Gasteiger partial charge in [-0.15, -0.1) is 0 Å². The summed E-state index contributed by atoms with van der Waals surface area (Å²) in [6.45, 7) is 7.61. The fraction of sp³-hybridized carbons (Fsp3) is 0.941. The van der Waals surface area contributed by atoms with E-state index >= 15 is 0 Å². The van der Waals surface area contributed by atoms with Gasteiger partial charge in [0.2, 0.25) is 0 Å². The number of nitrogens with one attached hydrogen (secondary N) is 1. The average Bonchev–Trinajstić information content (AvgIpc) is 2.68. The van der Waals surface area contributed by atoms with Gasteiger partial charge in [-0.05, 0) is 0 Å². The second-order valence-corrected chi connectivity index (χ2v) is 5.31. The van der Waals surface area contributed by atoms with Gasteiger partial charge in [0.25, 0.3) is 0 Å². The van der Waals surface area contributed by atoms with Crippen LogP contribution in [0.2, 0.25) is 0 Å². The van der Waals surface area contributed by atoms with E-state index in [0.717, 1.165) is 0 Å². The minimum absolute atomic E-state index is 0.266. The Morgan fingerprint density at radius 1 is 0.571 bits per heavy atom. The first-order chi connectivity index (χ1) is 13.8. The highest BCUT2D eigenvalue weighted by molar-refractivity contribution is 5.64. The van der Waals surface area contributed by atoms with Gasteiger partial charge >= 0.3 is 6.09 Å². The van der Waals surface area contributed by atoms with Crippen LogP contribution < -0.4 is 11.1 Å². The highest BCUT2D eigenvalue weighted by atomic mass is 16.6. The Balaban J connectivity index is 2.99. The number of amides is 1. The summed E-state index contributed by atoms with van der Waals surface area (Å²) in [4.78, 5) is 10.2. The molecule has 11 heteroatoms. The van der Waals surface area contributed by atoms with Crippen LogP contribution >= 0.6 is 0 Å². The Bertz CT molecular complexity index is 325. The molecule has 0 atom stereocenters. The van der Waals surface area contributed by atoms with Crippen LogP contribution in [0.4, 0.5) is 4.79 Å². The molecular weight excluding hydrogens is 376 g/mol. The van der Waals surface area contributed by atoms with E-state index in [2.05, 4.69) is 5.32 Å². The van der Waals surface area contributed by atoms with Crippen molar-refractivity contribution in [2.24, 2.45) is 5.73 Å². The van der Waals surface area contributed by atoms with Gasteiger partial charge in [0, 0.05) is 13.1 Å². The molecule has 0 fully saturated rings. The minimum atomic E-state index is -1.06. The zero-order chi connectivity index (χ0) is 20.5. The number of rotatable bonds is 23. The third-order valence-corrected chi connectivity index (χ3v) is 3.02. The standard InChI is InChI=1S/C17H36N2O9/c18-1-3-22-5-7-24-9-11-26-13-15-28-16-14-27-12-10-25-8-6-23-4-2-19-17(20)21/h19H,1-16,18H2,(H,20,21). The minimum Gasteiger partial charge on any atom is -0.465 e. The molecule has 0 aromatic carbocycles. The van der Waals surface area contributed by atoms with E-state index in [-0.39, 0.29) is 6.54 Å². The Labute approximate surface area is 166 Å². The lowest BCUT2D eigenvalue weighted by Crippen LogP contribution is -2.25.